The molecule has 0 radical (unpaired) electrons. The first kappa shape index (κ1) is 14.9. The van der Waals surface area contributed by atoms with E-state index in [1.165, 1.54) is 0 Å². The monoisotopic (exact) mass is 271 g/mol. The van der Waals surface area contributed by atoms with E-state index in [4.69, 9.17) is 22.1 Å². The molecule has 0 aromatic carbocycles. The Labute approximate surface area is 112 Å². The Balaban J connectivity index is 2.58. The summed E-state index contributed by atoms with van der Waals surface area (Å²) in [6, 6.07) is 1.20. The van der Waals surface area contributed by atoms with Gasteiger partial charge in [0.2, 0.25) is 5.91 Å². The van der Waals surface area contributed by atoms with Crippen LogP contribution in [-0.4, -0.2) is 30.6 Å². The standard InChI is InChI=1S/C12H18ClN3O2/c1-8-5-6-15-11(13)10(8)16-12(17)9(14)4-3-7-18-2/h5-6,9H,3-4,7,14H2,1-2H3,(H,16,17). The molecule has 0 bridgehead atoms. The molecule has 100 valence electrons. The third kappa shape index (κ3) is 4.25. The van der Waals surface area contributed by atoms with E-state index in [0.29, 0.717) is 18.7 Å². The van der Waals surface area contributed by atoms with Crippen LogP contribution in [0, 0.1) is 6.92 Å². The molecule has 3 N–H and O–H groups in total. The molecule has 18 heavy (non-hydrogen) atoms. The van der Waals surface area contributed by atoms with E-state index in [9.17, 15) is 4.79 Å². The molecule has 6 heteroatoms. The van der Waals surface area contributed by atoms with Crippen molar-refractivity contribution in [3.63, 3.8) is 0 Å². The molecule has 1 atom stereocenters. The molecular formula is C12H18ClN3O2. The van der Waals surface area contributed by atoms with Crippen LogP contribution < -0.4 is 11.1 Å². The second-order valence-electron chi connectivity index (χ2n) is 4.02. The first-order valence-electron chi connectivity index (χ1n) is 5.72. The van der Waals surface area contributed by atoms with Crippen LogP contribution in [0.4, 0.5) is 5.69 Å². The Hall–Kier alpha value is -1.17. The van der Waals surface area contributed by atoms with Gasteiger partial charge in [-0.3, -0.25) is 4.79 Å². The van der Waals surface area contributed by atoms with Crippen molar-refractivity contribution in [1.82, 2.24) is 4.98 Å². The smallest absolute Gasteiger partial charge is 0.241 e. The van der Waals surface area contributed by atoms with E-state index in [1.54, 1.807) is 19.4 Å². The predicted octanol–water partition coefficient (Wildman–Crippen LogP) is 1.74. The molecule has 0 saturated heterocycles. The summed E-state index contributed by atoms with van der Waals surface area (Å²) in [6.45, 7) is 2.44. The largest absolute Gasteiger partial charge is 0.385 e. The second-order valence-corrected chi connectivity index (χ2v) is 4.38. The van der Waals surface area contributed by atoms with Crippen LogP contribution in [-0.2, 0) is 9.53 Å². The minimum Gasteiger partial charge on any atom is -0.385 e. The van der Waals surface area contributed by atoms with Gasteiger partial charge in [0.25, 0.3) is 0 Å². The third-order valence-corrected chi connectivity index (χ3v) is 2.85. The number of nitrogens with one attached hydrogen (secondary N) is 1. The zero-order valence-corrected chi connectivity index (χ0v) is 11.3. The summed E-state index contributed by atoms with van der Waals surface area (Å²) in [6.07, 6.45) is 2.90. The number of hydrogen-bond acceptors (Lipinski definition) is 4. The number of carbonyl (C=O) groups is 1. The lowest BCUT2D eigenvalue weighted by Crippen LogP contribution is -2.36. The van der Waals surface area contributed by atoms with Gasteiger partial charge >= 0.3 is 0 Å². The maximum atomic E-state index is 11.8. The Kier molecular flexibility index (Phi) is 6.04. The van der Waals surface area contributed by atoms with Crippen molar-refractivity contribution in [2.24, 2.45) is 5.73 Å². The molecule has 1 aromatic heterocycles. The molecule has 1 rings (SSSR count). The Morgan fingerprint density at radius 3 is 3.00 bits per heavy atom. The lowest BCUT2D eigenvalue weighted by Gasteiger charge is -2.14. The number of methoxy groups -OCH3 is 1. The highest BCUT2D eigenvalue weighted by molar-refractivity contribution is 6.32. The van der Waals surface area contributed by atoms with Gasteiger partial charge in [0.1, 0.15) is 0 Å². The Morgan fingerprint density at radius 1 is 1.67 bits per heavy atom. The first-order valence-corrected chi connectivity index (χ1v) is 6.10. The number of anilines is 1. The number of amides is 1. The first-order chi connectivity index (χ1) is 8.56. The molecule has 0 aliphatic carbocycles. The maximum Gasteiger partial charge on any atom is 0.241 e. The molecule has 0 aliphatic rings. The average molecular weight is 272 g/mol. The summed E-state index contributed by atoms with van der Waals surface area (Å²) in [4.78, 5) is 15.8. The van der Waals surface area contributed by atoms with Gasteiger partial charge < -0.3 is 15.8 Å². The topological polar surface area (TPSA) is 77.2 Å². The molecule has 1 aromatic rings. The van der Waals surface area contributed by atoms with Gasteiger partial charge in [-0.1, -0.05) is 11.6 Å². The van der Waals surface area contributed by atoms with Crippen LogP contribution in [0.25, 0.3) is 0 Å². The van der Waals surface area contributed by atoms with Gasteiger partial charge in [-0.05, 0) is 31.4 Å². The highest BCUT2D eigenvalue weighted by Crippen LogP contribution is 2.22. The van der Waals surface area contributed by atoms with Crippen molar-refractivity contribution in [2.75, 3.05) is 19.0 Å². The van der Waals surface area contributed by atoms with Crippen molar-refractivity contribution in [1.29, 1.82) is 0 Å². The van der Waals surface area contributed by atoms with Gasteiger partial charge in [-0.25, -0.2) is 4.98 Å². The minimum atomic E-state index is -0.573. The Bertz CT molecular complexity index is 392. The molecule has 1 unspecified atom stereocenters. The fourth-order valence-electron chi connectivity index (χ4n) is 1.47. The van der Waals surface area contributed by atoms with Crippen LogP contribution in [0.15, 0.2) is 12.3 Å². The number of rotatable bonds is 6. The average Bonchev–Trinajstić information content (AvgIpc) is 2.34. The summed E-state index contributed by atoms with van der Waals surface area (Å²) in [5.74, 6) is -0.260. The summed E-state index contributed by atoms with van der Waals surface area (Å²) < 4.78 is 4.91. The molecule has 5 nitrogen and oxygen atoms in total. The number of halogens is 1. The molecule has 0 spiro atoms. The van der Waals surface area contributed by atoms with E-state index in [2.05, 4.69) is 10.3 Å². The van der Waals surface area contributed by atoms with Gasteiger partial charge in [-0.15, -0.1) is 0 Å². The molecular weight excluding hydrogens is 254 g/mol. The van der Waals surface area contributed by atoms with E-state index < -0.39 is 6.04 Å². The number of aryl methyl sites for hydroxylation is 1. The van der Waals surface area contributed by atoms with Gasteiger partial charge in [0, 0.05) is 19.9 Å². The fourth-order valence-corrected chi connectivity index (χ4v) is 1.72. The maximum absolute atomic E-state index is 11.8. The summed E-state index contributed by atoms with van der Waals surface area (Å²) in [7, 11) is 1.62. The van der Waals surface area contributed by atoms with Gasteiger partial charge in [0.05, 0.1) is 11.7 Å². The summed E-state index contributed by atoms with van der Waals surface area (Å²) in [5, 5.41) is 2.98. The van der Waals surface area contributed by atoms with E-state index in [0.717, 1.165) is 12.0 Å². The number of ether oxygens (including phenoxy) is 1. The third-order valence-electron chi connectivity index (χ3n) is 2.56. The number of nitrogens with two attached hydrogens (primary N) is 1. The SMILES string of the molecule is COCCCC(N)C(=O)Nc1c(C)ccnc1Cl. The summed E-state index contributed by atoms with van der Waals surface area (Å²) in [5.41, 5.74) is 7.15. The highest BCUT2D eigenvalue weighted by atomic mass is 35.5. The van der Waals surface area contributed by atoms with Crippen molar-refractivity contribution in [3.05, 3.63) is 23.0 Å². The number of carbonyl (C=O) groups excluding carboxylic acids is 1. The van der Waals surface area contributed by atoms with Crippen LogP contribution in [0.2, 0.25) is 5.15 Å². The van der Waals surface area contributed by atoms with Crippen molar-refractivity contribution >= 4 is 23.2 Å². The lowest BCUT2D eigenvalue weighted by molar-refractivity contribution is -0.117. The summed E-state index contributed by atoms with van der Waals surface area (Å²) >= 11 is 5.92. The Morgan fingerprint density at radius 2 is 2.39 bits per heavy atom. The van der Waals surface area contributed by atoms with Crippen molar-refractivity contribution in [3.8, 4) is 0 Å². The second kappa shape index (κ2) is 7.31. The van der Waals surface area contributed by atoms with Crippen molar-refractivity contribution in [2.45, 2.75) is 25.8 Å². The molecule has 0 fully saturated rings. The minimum absolute atomic E-state index is 0.260. The van der Waals surface area contributed by atoms with E-state index >= 15 is 0 Å². The number of nitrogens with zero attached hydrogens (tertiary/aromatic N) is 1. The normalized spacial score (nSPS) is 12.2. The fraction of sp³-hybridized carbons (Fsp3) is 0.500. The van der Waals surface area contributed by atoms with E-state index in [-0.39, 0.29) is 11.1 Å². The predicted molar refractivity (Wildman–Crippen MR) is 71.7 cm³/mol. The number of hydrogen-bond donors (Lipinski definition) is 2. The van der Waals surface area contributed by atoms with Gasteiger partial charge in [-0.2, -0.15) is 0 Å². The molecule has 1 amide bonds. The van der Waals surface area contributed by atoms with Crippen LogP contribution in [0.5, 0.6) is 0 Å². The van der Waals surface area contributed by atoms with Crippen LogP contribution >= 0.6 is 11.6 Å². The van der Waals surface area contributed by atoms with E-state index in [1.807, 2.05) is 6.92 Å². The van der Waals surface area contributed by atoms with Crippen LogP contribution in [0.1, 0.15) is 18.4 Å². The zero-order chi connectivity index (χ0) is 13.5. The van der Waals surface area contributed by atoms with Crippen molar-refractivity contribution < 1.29 is 9.53 Å². The molecule has 0 aliphatic heterocycles. The molecule has 0 saturated carbocycles. The number of aromatic nitrogens is 1. The number of pyridine rings is 1. The van der Waals surface area contributed by atoms with Crippen LogP contribution in [0.3, 0.4) is 0 Å². The molecule has 1 heterocycles. The lowest BCUT2D eigenvalue weighted by atomic mass is 10.1. The van der Waals surface area contributed by atoms with Gasteiger partial charge in [0.15, 0.2) is 5.15 Å². The highest BCUT2D eigenvalue weighted by Gasteiger charge is 2.15. The quantitative estimate of drug-likeness (QED) is 0.610. The zero-order valence-electron chi connectivity index (χ0n) is 10.6.